The summed E-state index contributed by atoms with van der Waals surface area (Å²) in [5.41, 5.74) is 1.19. The largest absolute Gasteiger partial charge is 0 e. The fourth-order valence-corrected chi connectivity index (χ4v) is 0.895. The van der Waals surface area contributed by atoms with Crippen molar-refractivity contribution in [1.82, 2.24) is 0 Å². The van der Waals surface area contributed by atoms with Crippen LogP contribution in [0, 0.1) is 52.2 Å². The average molecular weight is 446 g/mol. The molecule has 0 N–H and O–H groups in total. The molecule has 0 aliphatic rings. The van der Waals surface area contributed by atoms with Gasteiger partial charge in [0, 0.05) is 40.0 Å². The molecule has 140 valence electrons. The molecule has 2 radical (unpaired) electrons. The Morgan fingerprint density at radius 1 is 0.731 bits per heavy atom. The molecule has 0 bridgehead atoms. The van der Waals surface area contributed by atoms with E-state index in [2.05, 4.69) is 45.8 Å². The molecule has 0 fully saturated rings. The molecule has 1 aromatic rings. The van der Waals surface area contributed by atoms with Gasteiger partial charge >= 0.3 is 67.8 Å². The van der Waals surface area contributed by atoms with Gasteiger partial charge in [-0.3, -0.25) is 0 Å². The van der Waals surface area contributed by atoms with Crippen LogP contribution in [0.3, 0.4) is 0 Å². The van der Waals surface area contributed by atoms with E-state index < -0.39 is 0 Å². The minimum absolute atomic E-state index is 0. The van der Waals surface area contributed by atoms with Crippen LogP contribution in [-0.4, -0.2) is 6.61 Å². The maximum Gasteiger partial charge on any atom is 0 e. The van der Waals surface area contributed by atoms with Crippen molar-refractivity contribution in [3.63, 3.8) is 0 Å². The van der Waals surface area contributed by atoms with Crippen molar-refractivity contribution in [2.75, 3.05) is 6.61 Å². The molecule has 0 aliphatic carbocycles. The van der Waals surface area contributed by atoms with Gasteiger partial charge in [-0.25, -0.2) is 0 Å². The normalized spacial score (nSPS) is 4.73. The van der Waals surface area contributed by atoms with E-state index in [9.17, 15) is 0 Å². The Bertz CT molecular complexity index is 437. The molecular weight excluding hydrogens is 434 g/mol. The summed E-state index contributed by atoms with van der Waals surface area (Å²) in [5, 5.41) is 0. The van der Waals surface area contributed by atoms with Crippen LogP contribution in [-0.2, 0) is 72.8 Å². The van der Waals surface area contributed by atoms with E-state index in [1.54, 1.807) is 0 Å². The van der Waals surface area contributed by atoms with E-state index in [1.807, 2.05) is 30.3 Å². The van der Waals surface area contributed by atoms with Gasteiger partial charge < -0.3 is 4.74 Å². The first-order valence-corrected chi connectivity index (χ1v) is 5.21. The summed E-state index contributed by atoms with van der Waals surface area (Å²) in [6, 6.07) is 10.1. The minimum atomic E-state index is 0. The van der Waals surface area contributed by atoms with E-state index in [-0.39, 0.29) is 33.6 Å². The molecule has 9 heteroatoms. The van der Waals surface area contributed by atoms with Gasteiger partial charge in [-0.1, -0.05) is 30.3 Å². The van der Waals surface area contributed by atoms with Crippen LogP contribution in [0.5, 0.6) is 0 Å². The maximum absolute atomic E-state index is 7.50. The van der Waals surface area contributed by atoms with Gasteiger partial charge in [-0.2, -0.15) is 0 Å². The summed E-state index contributed by atoms with van der Waals surface area (Å²) >= 11 is 0. The first-order chi connectivity index (χ1) is 11.9. The molecule has 0 unspecified atom stereocenters. The summed E-state index contributed by atoms with van der Waals surface area (Å²) < 4.78 is 50.3. The van der Waals surface area contributed by atoms with Crippen molar-refractivity contribution in [3.8, 4) is 12.3 Å². The molecule has 0 saturated carbocycles. The van der Waals surface area contributed by atoms with Gasteiger partial charge in [0.15, 0.2) is 0 Å². The van der Waals surface area contributed by atoms with Gasteiger partial charge in [-0.15, -0.1) is 12.3 Å². The zero-order valence-electron chi connectivity index (χ0n) is 13.1. The Labute approximate surface area is 174 Å². The van der Waals surface area contributed by atoms with Gasteiger partial charge in [0.1, 0.15) is 0 Å². The number of terminal acetylenes is 1. The van der Waals surface area contributed by atoms with Crippen LogP contribution in [0.4, 0.5) is 0 Å². The van der Waals surface area contributed by atoms with E-state index in [0.29, 0.717) is 19.6 Å². The Balaban J connectivity index is -0.0000000332. The first-order valence-electron chi connectivity index (χ1n) is 5.21. The van der Waals surface area contributed by atoms with E-state index in [0.717, 1.165) is 0 Å². The molecule has 0 spiro atoms. The van der Waals surface area contributed by atoms with Crippen molar-refractivity contribution >= 4 is 0 Å². The SMILES string of the molecule is C#CCCOCc1ccccc1.[C-]#[O+].[C-]#[O+].[C-]#[O+].[C-]#[O+].[C-]#[O+].[C-]#[O+].[Co].[Co]. The molecule has 1 rings (SSSR count). The van der Waals surface area contributed by atoms with Gasteiger partial charge in [0.05, 0.1) is 13.2 Å². The molecule has 0 amide bonds. The third kappa shape index (κ3) is 67.0. The van der Waals surface area contributed by atoms with Crippen LogP contribution < -0.4 is 0 Å². The standard InChI is InChI=1S/C11H12O.6CO.2Co/c1-2-3-9-12-10-11-7-5-4-6-8-11;6*1-2;;/h1,4-8H,3,9-10H2;;;;;;;;. The predicted octanol–water partition coefficient (Wildman–Crippen LogP) is 2.00. The summed E-state index contributed by atoms with van der Waals surface area (Å²) in [7, 11) is 0. The Hall–Kier alpha value is -1.81. The van der Waals surface area contributed by atoms with E-state index >= 15 is 0 Å². The van der Waals surface area contributed by atoms with Gasteiger partial charge in [-0.05, 0) is 5.56 Å². The molecule has 7 nitrogen and oxygen atoms in total. The monoisotopic (exact) mass is 446 g/mol. The van der Waals surface area contributed by atoms with Crippen LogP contribution >= 0.6 is 0 Å². The zero-order valence-corrected chi connectivity index (χ0v) is 15.2. The summed E-state index contributed by atoms with van der Waals surface area (Å²) in [5.74, 6) is 2.53. The van der Waals surface area contributed by atoms with Crippen LogP contribution in [0.1, 0.15) is 12.0 Å². The number of hydrogen-bond donors (Lipinski definition) is 0. The van der Waals surface area contributed by atoms with Crippen molar-refractivity contribution in [2.45, 2.75) is 13.0 Å². The van der Waals surface area contributed by atoms with Gasteiger partial charge in [0.25, 0.3) is 0 Å². The number of benzene rings is 1. The van der Waals surface area contributed by atoms with E-state index in [4.69, 9.17) is 39.1 Å². The first kappa shape index (κ1) is 49.6. The molecule has 1 aromatic carbocycles. The van der Waals surface area contributed by atoms with Crippen molar-refractivity contribution in [2.24, 2.45) is 0 Å². The zero-order chi connectivity index (χ0) is 20.6. The molecule has 0 heterocycles. The average Bonchev–Trinajstić information content (AvgIpc) is 2.75. The second kappa shape index (κ2) is 91.2. The third-order valence-corrected chi connectivity index (χ3v) is 1.50. The predicted molar refractivity (Wildman–Crippen MR) is 73.1 cm³/mol. The minimum Gasteiger partial charge on any atom is 0 e. The van der Waals surface area contributed by atoms with E-state index in [1.165, 1.54) is 5.56 Å². The summed E-state index contributed by atoms with van der Waals surface area (Å²) in [6.07, 6.45) is 5.77. The maximum atomic E-state index is 7.50. The van der Waals surface area contributed by atoms with Crippen molar-refractivity contribution in [3.05, 3.63) is 75.8 Å². The fourth-order valence-electron chi connectivity index (χ4n) is 0.895. The quantitative estimate of drug-likeness (QED) is 0.298. The molecular formula is C17H12Co2O7. The summed E-state index contributed by atoms with van der Waals surface area (Å²) in [6.45, 7) is 28.3. The fraction of sp³-hybridized carbons (Fsp3) is 0.176. The molecule has 0 aromatic heterocycles. The Morgan fingerprint density at radius 3 is 1.38 bits per heavy atom. The second-order valence-corrected chi connectivity index (χ2v) is 2.49. The Kier molecular flexibility index (Phi) is 174. The molecule has 26 heavy (non-hydrogen) atoms. The Morgan fingerprint density at radius 2 is 1.08 bits per heavy atom. The third-order valence-electron chi connectivity index (χ3n) is 1.50. The summed E-state index contributed by atoms with van der Waals surface area (Å²) in [4.78, 5) is 0. The number of hydrogen-bond acceptors (Lipinski definition) is 1. The van der Waals surface area contributed by atoms with Crippen LogP contribution in [0.15, 0.2) is 30.3 Å². The van der Waals surface area contributed by atoms with Crippen LogP contribution in [0.2, 0.25) is 0 Å². The molecule has 0 saturated heterocycles. The van der Waals surface area contributed by atoms with Gasteiger partial charge in [0.2, 0.25) is 0 Å². The smallest absolute Gasteiger partial charge is 0 e. The molecule has 0 atom stereocenters. The second-order valence-electron chi connectivity index (χ2n) is 2.49. The number of rotatable bonds is 4. The van der Waals surface area contributed by atoms with Crippen molar-refractivity contribution in [1.29, 1.82) is 0 Å². The topological polar surface area (TPSA) is 129 Å². The van der Waals surface area contributed by atoms with Crippen LogP contribution in [0.25, 0.3) is 0 Å². The number of ether oxygens (including phenoxy) is 1. The van der Waals surface area contributed by atoms with Crippen molar-refractivity contribution < 1.29 is 66.2 Å². The molecule has 0 aliphatic heterocycles.